The predicted octanol–water partition coefficient (Wildman–Crippen LogP) is 3.71. The van der Waals surface area contributed by atoms with Crippen LogP contribution in [0.1, 0.15) is 33.5 Å². The lowest BCUT2D eigenvalue weighted by molar-refractivity contribution is -0.176. The molecule has 0 spiro atoms. The molecule has 2 N–H and O–H groups in total. The summed E-state index contributed by atoms with van der Waals surface area (Å²) >= 11 is 0. The van der Waals surface area contributed by atoms with Crippen molar-refractivity contribution >= 4 is 11.9 Å². The number of rotatable bonds is 9. The fourth-order valence-electron chi connectivity index (χ4n) is 2.60. The first-order chi connectivity index (χ1) is 13.2. The van der Waals surface area contributed by atoms with Crippen molar-refractivity contribution < 1.29 is 32.6 Å². The number of ether oxygens (including phenoxy) is 1. The lowest BCUT2D eigenvalue weighted by Crippen LogP contribution is -2.23. The van der Waals surface area contributed by atoms with Crippen LogP contribution in [0.3, 0.4) is 0 Å². The predicted molar refractivity (Wildman–Crippen MR) is 95.7 cm³/mol. The van der Waals surface area contributed by atoms with E-state index in [0.29, 0.717) is 17.5 Å². The summed E-state index contributed by atoms with van der Waals surface area (Å²) in [6.45, 7) is -1.27. The summed E-state index contributed by atoms with van der Waals surface area (Å²) in [6, 6.07) is 13.2. The largest absolute Gasteiger partial charge is 0.478 e. The van der Waals surface area contributed by atoms with Gasteiger partial charge in [-0.25, -0.2) is 4.79 Å². The molecule has 1 amide bonds. The molecule has 0 unspecified atom stereocenters. The Balaban J connectivity index is 1.81. The zero-order valence-corrected chi connectivity index (χ0v) is 15.0. The molecule has 0 bridgehead atoms. The number of nitrogens with one attached hydrogen (secondary N) is 1. The average Bonchev–Trinajstić information content (AvgIpc) is 2.64. The zero-order chi connectivity index (χ0) is 20.6. The smallest absolute Gasteiger partial charge is 0.411 e. The first-order valence-corrected chi connectivity index (χ1v) is 8.55. The lowest BCUT2D eigenvalue weighted by atomic mass is 10.0. The number of carboxylic acid groups (broad SMARTS) is 1. The molecule has 0 heterocycles. The van der Waals surface area contributed by atoms with Gasteiger partial charge in [0.25, 0.3) is 0 Å². The molecule has 28 heavy (non-hydrogen) atoms. The topological polar surface area (TPSA) is 75.6 Å². The minimum Gasteiger partial charge on any atom is -0.478 e. The maximum atomic E-state index is 12.1. The zero-order valence-electron chi connectivity index (χ0n) is 15.0. The summed E-state index contributed by atoms with van der Waals surface area (Å²) in [5.41, 5.74) is 2.05. The first kappa shape index (κ1) is 21.4. The summed E-state index contributed by atoms with van der Waals surface area (Å²) in [6.07, 6.45) is -3.96. The van der Waals surface area contributed by atoms with Crippen molar-refractivity contribution in [2.75, 3.05) is 6.61 Å². The molecule has 0 fully saturated rings. The van der Waals surface area contributed by atoms with Gasteiger partial charge in [0.2, 0.25) is 5.91 Å². The van der Waals surface area contributed by atoms with Crippen molar-refractivity contribution in [3.05, 3.63) is 70.8 Å². The summed E-state index contributed by atoms with van der Waals surface area (Å²) < 4.78 is 40.9. The second-order valence-electron chi connectivity index (χ2n) is 6.17. The van der Waals surface area contributed by atoms with E-state index in [0.717, 1.165) is 5.56 Å². The molecular formula is C20H20F3NO4. The molecule has 0 saturated heterocycles. The molecule has 0 atom stereocenters. The van der Waals surface area contributed by atoms with Crippen LogP contribution in [0.25, 0.3) is 0 Å². The highest BCUT2D eigenvalue weighted by atomic mass is 19.4. The molecule has 8 heteroatoms. The Morgan fingerprint density at radius 1 is 1.04 bits per heavy atom. The third-order valence-electron chi connectivity index (χ3n) is 3.88. The number of hydrogen-bond acceptors (Lipinski definition) is 3. The van der Waals surface area contributed by atoms with Crippen LogP contribution >= 0.6 is 0 Å². The SMILES string of the molecule is O=C(CCc1ccccc1C(=O)O)NCc1cccc(COCC(F)(F)F)c1. The normalized spacial score (nSPS) is 11.2. The third kappa shape index (κ3) is 7.40. The number of halogens is 3. The van der Waals surface area contributed by atoms with Crippen molar-refractivity contribution in [1.82, 2.24) is 5.32 Å². The molecule has 0 aliphatic heterocycles. The molecule has 0 radical (unpaired) electrons. The van der Waals surface area contributed by atoms with E-state index in [1.807, 2.05) is 0 Å². The van der Waals surface area contributed by atoms with E-state index in [4.69, 9.17) is 5.11 Å². The summed E-state index contributed by atoms with van der Waals surface area (Å²) in [7, 11) is 0. The van der Waals surface area contributed by atoms with Crippen molar-refractivity contribution in [1.29, 1.82) is 0 Å². The monoisotopic (exact) mass is 395 g/mol. The number of aromatic carboxylic acids is 1. The van der Waals surface area contributed by atoms with Gasteiger partial charge in [-0.15, -0.1) is 0 Å². The maximum absolute atomic E-state index is 12.1. The molecule has 2 aromatic rings. The van der Waals surface area contributed by atoms with Crippen molar-refractivity contribution in [2.45, 2.75) is 32.2 Å². The Kier molecular flexibility index (Phi) is 7.57. The Labute approximate surface area is 160 Å². The second kappa shape index (κ2) is 9.89. The van der Waals surface area contributed by atoms with E-state index in [9.17, 15) is 22.8 Å². The highest BCUT2D eigenvalue weighted by Crippen LogP contribution is 2.16. The second-order valence-corrected chi connectivity index (χ2v) is 6.17. The van der Waals surface area contributed by atoms with Gasteiger partial charge in [0.15, 0.2) is 0 Å². The molecule has 0 saturated carbocycles. The van der Waals surface area contributed by atoms with Gasteiger partial charge in [0.1, 0.15) is 6.61 Å². The van der Waals surface area contributed by atoms with E-state index >= 15 is 0 Å². The summed E-state index contributed by atoms with van der Waals surface area (Å²) in [5, 5.41) is 11.9. The van der Waals surface area contributed by atoms with Gasteiger partial charge in [0.05, 0.1) is 12.2 Å². The number of alkyl halides is 3. The number of benzene rings is 2. The molecule has 2 aromatic carbocycles. The molecule has 0 aliphatic rings. The van der Waals surface area contributed by atoms with Crippen LogP contribution in [0.4, 0.5) is 13.2 Å². The molecule has 5 nitrogen and oxygen atoms in total. The van der Waals surface area contributed by atoms with Crippen LogP contribution < -0.4 is 5.32 Å². The van der Waals surface area contributed by atoms with Crippen LogP contribution in [0, 0.1) is 0 Å². The highest BCUT2D eigenvalue weighted by Gasteiger charge is 2.27. The van der Waals surface area contributed by atoms with Crippen LogP contribution in [0.15, 0.2) is 48.5 Å². The van der Waals surface area contributed by atoms with Crippen molar-refractivity contribution in [3.63, 3.8) is 0 Å². The Morgan fingerprint density at radius 2 is 1.75 bits per heavy atom. The number of carboxylic acids is 1. The number of carbonyl (C=O) groups is 2. The van der Waals surface area contributed by atoms with Gasteiger partial charge >= 0.3 is 12.1 Å². The fourth-order valence-corrected chi connectivity index (χ4v) is 2.60. The number of carbonyl (C=O) groups excluding carboxylic acids is 1. The number of amides is 1. The van der Waals surface area contributed by atoms with E-state index in [1.165, 1.54) is 6.07 Å². The highest BCUT2D eigenvalue weighted by molar-refractivity contribution is 5.89. The van der Waals surface area contributed by atoms with Crippen LogP contribution in [-0.2, 0) is 29.1 Å². The van der Waals surface area contributed by atoms with E-state index in [-0.39, 0.29) is 31.0 Å². The standard InChI is InChI=1S/C20H20F3NO4/c21-20(22,23)13-28-12-15-5-3-4-14(10-15)11-24-18(25)9-8-16-6-1-2-7-17(16)19(26)27/h1-7,10H,8-9,11-13H2,(H,24,25)(H,26,27). The van der Waals surface area contributed by atoms with Crippen LogP contribution in [-0.4, -0.2) is 29.8 Å². The minimum absolute atomic E-state index is 0.124. The van der Waals surface area contributed by atoms with E-state index in [2.05, 4.69) is 10.1 Å². The lowest BCUT2D eigenvalue weighted by Gasteiger charge is -2.10. The Morgan fingerprint density at radius 3 is 2.46 bits per heavy atom. The average molecular weight is 395 g/mol. The van der Waals surface area contributed by atoms with E-state index in [1.54, 1.807) is 42.5 Å². The van der Waals surface area contributed by atoms with Crippen LogP contribution in [0.2, 0.25) is 0 Å². The molecule has 2 rings (SSSR count). The minimum atomic E-state index is -4.37. The Bertz CT molecular complexity index is 821. The molecule has 0 aliphatic carbocycles. The van der Waals surface area contributed by atoms with Gasteiger partial charge in [-0.3, -0.25) is 4.79 Å². The fraction of sp³-hybridized carbons (Fsp3) is 0.300. The first-order valence-electron chi connectivity index (χ1n) is 8.55. The van der Waals surface area contributed by atoms with Gasteiger partial charge in [-0.1, -0.05) is 42.5 Å². The van der Waals surface area contributed by atoms with Gasteiger partial charge in [0, 0.05) is 13.0 Å². The van der Waals surface area contributed by atoms with Crippen molar-refractivity contribution in [2.24, 2.45) is 0 Å². The molecule has 150 valence electrons. The summed E-state index contributed by atoms with van der Waals surface area (Å²) in [4.78, 5) is 23.2. The third-order valence-corrected chi connectivity index (χ3v) is 3.88. The summed E-state index contributed by atoms with van der Waals surface area (Å²) in [5.74, 6) is -1.29. The van der Waals surface area contributed by atoms with Gasteiger partial charge in [-0.2, -0.15) is 13.2 Å². The van der Waals surface area contributed by atoms with Crippen LogP contribution in [0.5, 0.6) is 0 Å². The van der Waals surface area contributed by atoms with Gasteiger partial charge < -0.3 is 15.2 Å². The Hall–Kier alpha value is -2.87. The van der Waals surface area contributed by atoms with Gasteiger partial charge in [-0.05, 0) is 29.2 Å². The molecule has 0 aromatic heterocycles. The molecular weight excluding hydrogens is 375 g/mol. The quantitative estimate of drug-likeness (QED) is 0.679. The number of hydrogen-bond donors (Lipinski definition) is 2. The van der Waals surface area contributed by atoms with E-state index < -0.39 is 18.8 Å². The maximum Gasteiger partial charge on any atom is 0.411 e. The van der Waals surface area contributed by atoms with Crippen molar-refractivity contribution in [3.8, 4) is 0 Å². The number of aryl methyl sites for hydroxylation is 1.